The van der Waals surface area contributed by atoms with E-state index >= 15 is 0 Å². The van der Waals surface area contributed by atoms with Gasteiger partial charge in [-0.15, -0.1) is 5.10 Å². The van der Waals surface area contributed by atoms with Gasteiger partial charge in [0.25, 0.3) is 0 Å². The van der Waals surface area contributed by atoms with Crippen molar-refractivity contribution in [3.8, 4) is 0 Å². The van der Waals surface area contributed by atoms with E-state index in [2.05, 4.69) is 19.9 Å². The summed E-state index contributed by atoms with van der Waals surface area (Å²) in [5, 5.41) is 7.31. The highest BCUT2D eigenvalue weighted by Gasteiger charge is 2.12. The van der Waals surface area contributed by atoms with Crippen molar-refractivity contribution in [2.45, 2.75) is 17.8 Å². The third kappa shape index (κ3) is 3.31. The Morgan fingerprint density at radius 3 is 2.89 bits per heavy atom. The summed E-state index contributed by atoms with van der Waals surface area (Å²) in [4.78, 5) is 15.4. The van der Waals surface area contributed by atoms with Crippen LogP contribution in [-0.2, 0) is 10.5 Å². The first-order valence-electron chi connectivity index (χ1n) is 5.48. The van der Waals surface area contributed by atoms with E-state index in [4.69, 9.17) is 0 Å². The maximum Gasteiger partial charge on any atom is 0.340 e. The van der Waals surface area contributed by atoms with Crippen molar-refractivity contribution in [3.05, 3.63) is 41.0 Å². The number of nitrogens with one attached hydrogen (secondary N) is 1. The summed E-state index contributed by atoms with van der Waals surface area (Å²) < 4.78 is 18.2. The van der Waals surface area contributed by atoms with Gasteiger partial charge in [0.2, 0.25) is 5.16 Å². The zero-order chi connectivity index (χ0) is 13.8. The summed E-state index contributed by atoms with van der Waals surface area (Å²) in [5.74, 6) is -0.0116. The second-order valence-electron chi connectivity index (χ2n) is 3.80. The lowest BCUT2D eigenvalue weighted by molar-refractivity contribution is 0.0595. The third-order valence-corrected chi connectivity index (χ3v) is 3.30. The van der Waals surface area contributed by atoms with Crippen LogP contribution in [0.2, 0.25) is 0 Å². The van der Waals surface area contributed by atoms with E-state index in [0.29, 0.717) is 10.9 Å². The van der Waals surface area contributed by atoms with Gasteiger partial charge in [-0.1, -0.05) is 17.8 Å². The van der Waals surface area contributed by atoms with Crippen LogP contribution in [0, 0.1) is 12.7 Å². The van der Waals surface area contributed by atoms with Crippen LogP contribution in [0.4, 0.5) is 4.39 Å². The van der Waals surface area contributed by atoms with E-state index < -0.39 is 11.8 Å². The molecule has 5 nitrogen and oxygen atoms in total. The smallest absolute Gasteiger partial charge is 0.340 e. The average Bonchev–Trinajstić information content (AvgIpc) is 2.81. The van der Waals surface area contributed by atoms with Gasteiger partial charge in [0.05, 0.1) is 12.7 Å². The Kier molecular flexibility index (Phi) is 4.16. The van der Waals surface area contributed by atoms with Crippen molar-refractivity contribution in [2.24, 2.45) is 0 Å². The van der Waals surface area contributed by atoms with Gasteiger partial charge in [-0.05, 0) is 24.6 Å². The molecule has 2 rings (SSSR count). The van der Waals surface area contributed by atoms with Gasteiger partial charge in [-0.3, -0.25) is 5.10 Å². The number of aromatic nitrogens is 3. The third-order valence-electron chi connectivity index (χ3n) is 2.38. The highest BCUT2D eigenvalue weighted by Crippen LogP contribution is 2.20. The van der Waals surface area contributed by atoms with E-state index in [9.17, 15) is 9.18 Å². The fourth-order valence-electron chi connectivity index (χ4n) is 1.46. The van der Waals surface area contributed by atoms with Gasteiger partial charge in [0, 0.05) is 5.75 Å². The molecular formula is C12H12FN3O2S. The molecule has 100 valence electrons. The predicted octanol–water partition coefficient (Wildman–Crippen LogP) is 2.33. The predicted molar refractivity (Wildman–Crippen MR) is 68.4 cm³/mol. The normalized spacial score (nSPS) is 10.5. The topological polar surface area (TPSA) is 67.9 Å². The van der Waals surface area contributed by atoms with Crippen LogP contribution < -0.4 is 0 Å². The molecule has 0 fully saturated rings. The molecule has 1 aromatic heterocycles. The minimum atomic E-state index is -0.679. The summed E-state index contributed by atoms with van der Waals surface area (Å²) in [7, 11) is 1.22. The summed E-state index contributed by atoms with van der Waals surface area (Å²) in [6.07, 6.45) is 0. The van der Waals surface area contributed by atoms with Gasteiger partial charge in [0.15, 0.2) is 0 Å². The lowest BCUT2D eigenvalue weighted by atomic mass is 10.1. The Bertz CT molecular complexity index is 600. The molecule has 0 atom stereocenters. The first-order chi connectivity index (χ1) is 9.10. The van der Waals surface area contributed by atoms with Crippen LogP contribution in [0.15, 0.2) is 23.4 Å². The number of benzene rings is 1. The maximum absolute atomic E-state index is 13.7. The molecule has 0 bridgehead atoms. The molecule has 0 aliphatic carbocycles. The first kappa shape index (κ1) is 13.5. The van der Waals surface area contributed by atoms with Crippen LogP contribution >= 0.6 is 11.8 Å². The lowest BCUT2D eigenvalue weighted by Gasteiger charge is -2.03. The molecule has 2 aromatic rings. The standard InChI is InChI=1S/C12H12FN3O2S/c1-7-14-12(16-15-7)19-6-8-3-4-9(10(13)5-8)11(17)18-2/h3-5H,6H2,1-2H3,(H,14,15,16). The van der Waals surface area contributed by atoms with E-state index in [1.54, 1.807) is 6.07 Å². The number of thioether (sulfide) groups is 1. The average molecular weight is 281 g/mol. The van der Waals surface area contributed by atoms with Crippen molar-refractivity contribution < 1.29 is 13.9 Å². The van der Waals surface area contributed by atoms with E-state index in [1.807, 2.05) is 6.92 Å². The second-order valence-corrected chi connectivity index (χ2v) is 4.74. The number of methoxy groups -OCH3 is 1. The van der Waals surface area contributed by atoms with Gasteiger partial charge in [0.1, 0.15) is 11.6 Å². The van der Waals surface area contributed by atoms with Gasteiger partial charge < -0.3 is 4.74 Å². The number of aromatic amines is 1. The Labute approximate surface area is 113 Å². The van der Waals surface area contributed by atoms with Crippen molar-refractivity contribution in [3.63, 3.8) is 0 Å². The molecule has 0 saturated heterocycles. The van der Waals surface area contributed by atoms with Crippen molar-refractivity contribution in [2.75, 3.05) is 7.11 Å². The Morgan fingerprint density at radius 2 is 2.32 bits per heavy atom. The van der Waals surface area contributed by atoms with Crippen LogP contribution in [0.1, 0.15) is 21.7 Å². The van der Waals surface area contributed by atoms with E-state index in [0.717, 1.165) is 11.4 Å². The molecule has 0 amide bonds. The van der Waals surface area contributed by atoms with Crippen molar-refractivity contribution in [1.82, 2.24) is 15.2 Å². The number of hydrogen-bond donors (Lipinski definition) is 1. The van der Waals surface area contributed by atoms with Crippen LogP contribution in [0.25, 0.3) is 0 Å². The second kappa shape index (κ2) is 5.83. The number of rotatable bonds is 4. The Hall–Kier alpha value is -1.89. The minimum Gasteiger partial charge on any atom is -0.465 e. The molecular weight excluding hydrogens is 269 g/mol. The van der Waals surface area contributed by atoms with Gasteiger partial charge in [-0.2, -0.15) is 0 Å². The van der Waals surface area contributed by atoms with Crippen LogP contribution in [-0.4, -0.2) is 28.3 Å². The maximum atomic E-state index is 13.7. The number of ether oxygens (including phenoxy) is 1. The monoisotopic (exact) mass is 281 g/mol. The van der Waals surface area contributed by atoms with Crippen molar-refractivity contribution >= 4 is 17.7 Å². The van der Waals surface area contributed by atoms with Crippen molar-refractivity contribution in [1.29, 1.82) is 0 Å². The van der Waals surface area contributed by atoms with E-state index in [1.165, 1.54) is 31.0 Å². The Morgan fingerprint density at radius 1 is 1.53 bits per heavy atom. The number of halogens is 1. The zero-order valence-electron chi connectivity index (χ0n) is 10.4. The SMILES string of the molecule is COC(=O)c1ccc(CSc2n[nH]c(C)n2)cc1F. The largest absolute Gasteiger partial charge is 0.465 e. The quantitative estimate of drug-likeness (QED) is 0.688. The summed E-state index contributed by atoms with van der Waals surface area (Å²) in [5.41, 5.74) is 0.683. The summed E-state index contributed by atoms with van der Waals surface area (Å²) >= 11 is 1.39. The molecule has 0 radical (unpaired) electrons. The molecule has 7 heteroatoms. The minimum absolute atomic E-state index is 0.0648. The number of carbonyl (C=O) groups excluding carboxylic acids is 1. The molecule has 1 aromatic carbocycles. The fourth-order valence-corrected chi connectivity index (χ4v) is 2.25. The lowest BCUT2D eigenvalue weighted by Crippen LogP contribution is -2.04. The molecule has 1 N–H and O–H groups in total. The molecule has 19 heavy (non-hydrogen) atoms. The molecule has 0 aliphatic heterocycles. The Balaban J connectivity index is 2.06. The van der Waals surface area contributed by atoms with E-state index in [-0.39, 0.29) is 5.56 Å². The highest BCUT2D eigenvalue weighted by molar-refractivity contribution is 7.98. The molecule has 1 heterocycles. The van der Waals surface area contributed by atoms with Crippen LogP contribution in [0.3, 0.4) is 0 Å². The molecule has 0 saturated carbocycles. The first-order valence-corrected chi connectivity index (χ1v) is 6.47. The summed E-state index contributed by atoms with van der Waals surface area (Å²) in [6, 6.07) is 4.42. The van der Waals surface area contributed by atoms with Crippen LogP contribution in [0.5, 0.6) is 0 Å². The number of aryl methyl sites for hydroxylation is 1. The fraction of sp³-hybridized carbons (Fsp3) is 0.250. The number of esters is 1. The number of nitrogens with zero attached hydrogens (tertiary/aromatic N) is 2. The highest BCUT2D eigenvalue weighted by atomic mass is 32.2. The number of H-pyrrole nitrogens is 1. The molecule has 0 spiro atoms. The molecule has 0 aliphatic rings. The number of hydrogen-bond acceptors (Lipinski definition) is 5. The number of carbonyl (C=O) groups is 1. The van der Waals surface area contributed by atoms with Gasteiger partial charge >= 0.3 is 5.97 Å². The zero-order valence-corrected chi connectivity index (χ0v) is 11.3. The summed E-state index contributed by atoms with van der Waals surface area (Å²) in [6.45, 7) is 1.81. The molecule has 0 unspecified atom stereocenters. The van der Waals surface area contributed by atoms with Gasteiger partial charge in [-0.25, -0.2) is 14.2 Å².